The van der Waals surface area contributed by atoms with Gasteiger partial charge in [-0.05, 0) is 49.3 Å². The van der Waals surface area contributed by atoms with E-state index >= 15 is 0 Å². The molecule has 1 aromatic carbocycles. The van der Waals surface area contributed by atoms with Crippen molar-refractivity contribution >= 4 is 0 Å². The Morgan fingerprint density at radius 2 is 2.10 bits per heavy atom. The molecule has 1 aliphatic carbocycles. The molecule has 2 rings (SSSR count). The third-order valence-electron chi connectivity index (χ3n) is 4.30. The van der Waals surface area contributed by atoms with Gasteiger partial charge in [0.25, 0.3) is 0 Å². The summed E-state index contributed by atoms with van der Waals surface area (Å²) in [6.07, 6.45) is -3.09. The van der Waals surface area contributed by atoms with Crippen LogP contribution in [0.2, 0.25) is 0 Å². The van der Waals surface area contributed by atoms with Crippen molar-refractivity contribution in [2.24, 2.45) is 11.8 Å². The van der Waals surface area contributed by atoms with Crippen LogP contribution in [0.5, 0.6) is 5.75 Å². The second-order valence-electron chi connectivity index (χ2n) is 5.79. The lowest BCUT2D eigenvalue weighted by atomic mass is 9.77. The van der Waals surface area contributed by atoms with Crippen LogP contribution >= 0.6 is 0 Å². The zero-order valence-electron chi connectivity index (χ0n) is 12.1. The summed E-state index contributed by atoms with van der Waals surface area (Å²) >= 11 is 0. The highest BCUT2D eigenvalue weighted by molar-refractivity contribution is 5.28. The molecule has 21 heavy (non-hydrogen) atoms. The molecule has 0 heterocycles. The summed E-state index contributed by atoms with van der Waals surface area (Å²) in [6, 6.07) is 7.29. The summed E-state index contributed by atoms with van der Waals surface area (Å²) in [7, 11) is 1.56. The number of hydrogen-bond donors (Lipinski definition) is 1. The number of ether oxygens (including phenoxy) is 1. The Morgan fingerprint density at radius 3 is 2.76 bits per heavy atom. The van der Waals surface area contributed by atoms with Crippen LogP contribution in [0.25, 0.3) is 0 Å². The number of methoxy groups -OCH3 is 1. The maximum atomic E-state index is 12.8. The minimum Gasteiger partial charge on any atom is -0.497 e. The van der Waals surface area contributed by atoms with Crippen molar-refractivity contribution in [3.8, 4) is 5.75 Å². The van der Waals surface area contributed by atoms with Gasteiger partial charge in [0.15, 0.2) is 0 Å². The Bertz CT molecular complexity index is 459. The zero-order chi connectivity index (χ0) is 15.5. The van der Waals surface area contributed by atoms with Crippen LogP contribution in [0, 0.1) is 11.8 Å². The first-order valence-corrected chi connectivity index (χ1v) is 7.28. The van der Waals surface area contributed by atoms with Crippen molar-refractivity contribution in [2.45, 2.75) is 44.4 Å². The van der Waals surface area contributed by atoms with Crippen molar-refractivity contribution in [1.29, 1.82) is 0 Å². The molecule has 1 N–H and O–H groups in total. The van der Waals surface area contributed by atoms with Crippen molar-refractivity contribution in [2.75, 3.05) is 7.11 Å². The van der Waals surface area contributed by atoms with E-state index in [1.807, 2.05) is 18.2 Å². The van der Waals surface area contributed by atoms with Gasteiger partial charge in [-0.3, -0.25) is 0 Å². The van der Waals surface area contributed by atoms with E-state index in [0.29, 0.717) is 25.0 Å². The number of rotatable bonds is 4. The van der Waals surface area contributed by atoms with E-state index in [2.05, 4.69) is 0 Å². The summed E-state index contributed by atoms with van der Waals surface area (Å²) in [6.45, 7) is 0. The average Bonchev–Trinajstić information content (AvgIpc) is 2.46. The molecule has 118 valence electrons. The van der Waals surface area contributed by atoms with Crippen LogP contribution in [0.3, 0.4) is 0 Å². The number of aliphatic hydroxyl groups excluding tert-OH is 1. The van der Waals surface area contributed by atoms with Gasteiger partial charge < -0.3 is 9.84 Å². The number of benzene rings is 1. The lowest BCUT2D eigenvalue weighted by Crippen LogP contribution is -2.34. The lowest BCUT2D eigenvalue weighted by molar-refractivity contribution is -0.188. The van der Waals surface area contributed by atoms with Gasteiger partial charge in [-0.2, -0.15) is 13.2 Å². The van der Waals surface area contributed by atoms with Crippen LogP contribution in [-0.4, -0.2) is 24.5 Å². The van der Waals surface area contributed by atoms with Gasteiger partial charge >= 0.3 is 6.18 Å². The van der Waals surface area contributed by atoms with Gasteiger partial charge in [-0.25, -0.2) is 0 Å². The van der Waals surface area contributed by atoms with Crippen molar-refractivity contribution in [3.63, 3.8) is 0 Å². The number of aliphatic hydroxyl groups is 1. The molecule has 0 aliphatic heterocycles. The van der Waals surface area contributed by atoms with Crippen LogP contribution in [0.15, 0.2) is 24.3 Å². The van der Waals surface area contributed by atoms with Gasteiger partial charge in [-0.15, -0.1) is 0 Å². The highest BCUT2D eigenvalue weighted by Gasteiger charge is 2.43. The van der Waals surface area contributed by atoms with Crippen molar-refractivity contribution in [3.05, 3.63) is 29.8 Å². The Morgan fingerprint density at radius 1 is 1.33 bits per heavy atom. The third-order valence-corrected chi connectivity index (χ3v) is 4.30. The molecule has 0 bridgehead atoms. The first-order chi connectivity index (χ1) is 9.90. The minimum absolute atomic E-state index is 0.0363. The zero-order valence-corrected chi connectivity index (χ0v) is 12.1. The Labute approximate surface area is 122 Å². The summed E-state index contributed by atoms with van der Waals surface area (Å²) in [5, 5.41) is 10.3. The molecule has 0 amide bonds. The fourth-order valence-corrected chi connectivity index (χ4v) is 3.08. The van der Waals surface area contributed by atoms with Gasteiger partial charge in [0.2, 0.25) is 0 Å². The van der Waals surface area contributed by atoms with E-state index in [9.17, 15) is 18.3 Å². The topological polar surface area (TPSA) is 29.5 Å². The standard InChI is InChI=1S/C16H21F3O2/c1-21-14-7-2-4-11(8-14)9-15(20)12-5-3-6-13(10-12)16(17,18)19/h2,4,7-8,12-13,15,20H,3,5-6,9-10H2,1H3. The van der Waals surface area contributed by atoms with Crippen LogP contribution in [0.1, 0.15) is 31.2 Å². The molecule has 0 saturated heterocycles. The summed E-state index contributed by atoms with van der Waals surface area (Å²) < 4.78 is 43.5. The monoisotopic (exact) mass is 302 g/mol. The average molecular weight is 302 g/mol. The molecule has 1 aliphatic rings. The molecule has 1 fully saturated rings. The second-order valence-corrected chi connectivity index (χ2v) is 5.79. The molecule has 0 spiro atoms. The molecule has 5 heteroatoms. The highest BCUT2D eigenvalue weighted by atomic mass is 19.4. The van der Waals surface area contributed by atoms with Crippen LogP contribution in [0.4, 0.5) is 13.2 Å². The lowest BCUT2D eigenvalue weighted by Gasteiger charge is -2.33. The Balaban J connectivity index is 1.97. The highest BCUT2D eigenvalue weighted by Crippen LogP contribution is 2.41. The fourth-order valence-electron chi connectivity index (χ4n) is 3.08. The number of hydrogen-bond acceptors (Lipinski definition) is 2. The Kier molecular flexibility index (Phi) is 5.14. The smallest absolute Gasteiger partial charge is 0.391 e. The van der Waals surface area contributed by atoms with E-state index in [1.54, 1.807) is 13.2 Å². The molecule has 0 radical (unpaired) electrons. The molecule has 2 nitrogen and oxygen atoms in total. The van der Waals surface area contributed by atoms with Crippen molar-refractivity contribution < 1.29 is 23.0 Å². The van der Waals surface area contributed by atoms with E-state index in [4.69, 9.17) is 4.74 Å². The second kappa shape index (κ2) is 6.69. The predicted octanol–water partition coefficient (Wildman–Crippen LogP) is 3.97. The summed E-state index contributed by atoms with van der Waals surface area (Å²) in [4.78, 5) is 0. The quantitative estimate of drug-likeness (QED) is 0.912. The van der Waals surface area contributed by atoms with Gasteiger partial charge in [-0.1, -0.05) is 18.6 Å². The third kappa shape index (κ3) is 4.37. The largest absolute Gasteiger partial charge is 0.497 e. The first-order valence-electron chi connectivity index (χ1n) is 7.28. The van der Waals surface area contributed by atoms with Gasteiger partial charge in [0.1, 0.15) is 5.75 Å². The minimum atomic E-state index is -4.14. The fraction of sp³-hybridized carbons (Fsp3) is 0.625. The summed E-state index contributed by atoms with van der Waals surface area (Å²) in [5.74, 6) is -0.857. The maximum absolute atomic E-state index is 12.8. The first kappa shape index (κ1) is 16.1. The van der Waals surface area contributed by atoms with E-state index in [0.717, 1.165) is 5.56 Å². The van der Waals surface area contributed by atoms with Crippen LogP contribution < -0.4 is 4.74 Å². The maximum Gasteiger partial charge on any atom is 0.391 e. The predicted molar refractivity (Wildman–Crippen MR) is 74.2 cm³/mol. The van der Waals surface area contributed by atoms with E-state index in [-0.39, 0.29) is 18.8 Å². The Hall–Kier alpha value is -1.23. The SMILES string of the molecule is COc1cccc(CC(O)C2CCCC(C(F)(F)F)C2)c1. The summed E-state index contributed by atoms with van der Waals surface area (Å²) in [5.41, 5.74) is 0.885. The van der Waals surface area contributed by atoms with E-state index in [1.165, 1.54) is 0 Å². The molecule has 1 aromatic rings. The van der Waals surface area contributed by atoms with Gasteiger partial charge in [0, 0.05) is 0 Å². The molecule has 3 atom stereocenters. The number of alkyl halides is 3. The van der Waals surface area contributed by atoms with Crippen molar-refractivity contribution in [1.82, 2.24) is 0 Å². The molecule has 1 saturated carbocycles. The van der Waals surface area contributed by atoms with E-state index < -0.39 is 18.2 Å². The molecular weight excluding hydrogens is 281 g/mol. The normalized spacial score (nSPS) is 24.6. The molecular formula is C16H21F3O2. The number of halogens is 3. The van der Waals surface area contributed by atoms with Crippen LogP contribution in [-0.2, 0) is 6.42 Å². The van der Waals surface area contributed by atoms with Gasteiger partial charge in [0.05, 0.1) is 19.1 Å². The molecule has 3 unspecified atom stereocenters. The molecule has 0 aromatic heterocycles.